The van der Waals surface area contributed by atoms with Gasteiger partial charge < -0.3 is 15.5 Å². The molecular formula is C17H23N3O2S. The van der Waals surface area contributed by atoms with Gasteiger partial charge in [-0.25, -0.2) is 4.79 Å². The highest BCUT2D eigenvalue weighted by Crippen LogP contribution is 2.35. The summed E-state index contributed by atoms with van der Waals surface area (Å²) in [6, 6.07) is 8.37. The van der Waals surface area contributed by atoms with Gasteiger partial charge in [0.1, 0.15) is 0 Å². The molecular weight excluding hydrogens is 310 g/mol. The molecule has 0 radical (unpaired) electrons. The lowest BCUT2D eigenvalue weighted by Gasteiger charge is -2.33. The van der Waals surface area contributed by atoms with Gasteiger partial charge in [-0.3, -0.25) is 4.79 Å². The largest absolute Gasteiger partial charge is 0.359 e. The Hall–Kier alpha value is -1.69. The van der Waals surface area contributed by atoms with Crippen LogP contribution in [0.25, 0.3) is 0 Å². The third-order valence-corrected chi connectivity index (χ3v) is 5.78. The molecule has 0 bridgehead atoms. The summed E-state index contributed by atoms with van der Waals surface area (Å²) >= 11 is 1.85. The number of carbonyl (C=O) groups excluding carboxylic acids is 2. The number of urea groups is 1. The van der Waals surface area contributed by atoms with Gasteiger partial charge in [0.25, 0.3) is 0 Å². The Morgan fingerprint density at radius 2 is 1.91 bits per heavy atom. The fraction of sp³-hybridized carbons (Fsp3) is 0.529. The smallest absolute Gasteiger partial charge is 0.317 e. The number of fused-ring (bicyclic) bond motifs is 1. The quantitative estimate of drug-likeness (QED) is 0.873. The van der Waals surface area contributed by atoms with E-state index in [1.54, 1.807) is 7.05 Å². The molecule has 5 nitrogen and oxygen atoms in total. The Morgan fingerprint density at radius 3 is 2.65 bits per heavy atom. The molecule has 0 spiro atoms. The zero-order valence-corrected chi connectivity index (χ0v) is 14.2. The maximum Gasteiger partial charge on any atom is 0.317 e. The van der Waals surface area contributed by atoms with Crippen LogP contribution in [0, 0.1) is 5.92 Å². The first-order valence-electron chi connectivity index (χ1n) is 8.18. The van der Waals surface area contributed by atoms with Gasteiger partial charge >= 0.3 is 6.03 Å². The van der Waals surface area contributed by atoms with E-state index in [0.29, 0.717) is 13.1 Å². The number of hydrogen-bond donors (Lipinski definition) is 2. The monoisotopic (exact) mass is 333 g/mol. The van der Waals surface area contributed by atoms with Crippen LogP contribution in [0.5, 0.6) is 0 Å². The zero-order valence-electron chi connectivity index (χ0n) is 13.4. The molecule has 0 aliphatic carbocycles. The van der Waals surface area contributed by atoms with Crippen LogP contribution in [0.4, 0.5) is 4.79 Å². The van der Waals surface area contributed by atoms with Gasteiger partial charge in [-0.15, -0.1) is 11.8 Å². The molecule has 1 aromatic rings. The van der Waals surface area contributed by atoms with E-state index < -0.39 is 0 Å². The highest BCUT2D eigenvalue weighted by atomic mass is 32.2. The molecule has 124 valence electrons. The summed E-state index contributed by atoms with van der Waals surface area (Å²) in [5.41, 5.74) is 1.22. The summed E-state index contributed by atoms with van der Waals surface area (Å²) in [6.07, 6.45) is 2.44. The highest BCUT2D eigenvalue weighted by Gasteiger charge is 2.29. The number of nitrogens with one attached hydrogen (secondary N) is 2. The standard InChI is InChI=1S/C17H23N3O2S/c1-18-16(21)12-6-9-20(10-7-12)17(22)19-14-8-11-23-15-5-3-2-4-13(14)15/h2-5,12,14H,6-11H2,1H3,(H,18,21)(H,19,22). The summed E-state index contributed by atoms with van der Waals surface area (Å²) in [4.78, 5) is 27.3. The van der Waals surface area contributed by atoms with Crippen LogP contribution in [0.15, 0.2) is 29.2 Å². The molecule has 1 fully saturated rings. The first-order chi connectivity index (χ1) is 11.2. The minimum atomic E-state index is -0.00735. The lowest BCUT2D eigenvalue weighted by molar-refractivity contribution is -0.125. The number of benzene rings is 1. The number of amides is 3. The van der Waals surface area contributed by atoms with E-state index in [1.807, 2.05) is 28.8 Å². The number of likely N-dealkylation sites (tertiary alicyclic amines) is 1. The second kappa shape index (κ2) is 7.25. The van der Waals surface area contributed by atoms with Crippen molar-refractivity contribution in [3.8, 4) is 0 Å². The average Bonchev–Trinajstić information content (AvgIpc) is 2.61. The van der Waals surface area contributed by atoms with Gasteiger partial charge in [0.2, 0.25) is 5.91 Å². The van der Waals surface area contributed by atoms with Gasteiger partial charge in [0, 0.05) is 36.7 Å². The van der Waals surface area contributed by atoms with Gasteiger partial charge in [-0.05, 0) is 30.9 Å². The minimum absolute atomic E-state index is 0.00735. The number of carbonyl (C=O) groups is 2. The maximum absolute atomic E-state index is 12.5. The number of nitrogens with zero attached hydrogens (tertiary/aromatic N) is 1. The van der Waals surface area contributed by atoms with E-state index in [9.17, 15) is 9.59 Å². The third-order valence-electron chi connectivity index (χ3n) is 4.66. The zero-order chi connectivity index (χ0) is 16.2. The molecule has 1 atom stereocenters. The first kappa shape index (κ1) is 16.2. The van der Waals surface area contributed by atoms with Crippen LogP contribution in [0.2, 0.25) is 0 Å². The SMILES string of the molecule is CNC(=O)C1CCN(C(=O)NC2CCSc3ccccc32)CC1. The molecule has 2 heterocycles. The van der Waals surface area contributed by atoms with Crippen molar-refractivity contribution in [2.45, 2.75) is 30.2 Å². The third kappa shape index (κ3) is 3.63. The van der Waals surface area contributed by atoms with Crippen molar-refractivity contribution in [2.75, 3.05) is 25.9 Å². The van der Waals surface area contributed by atoms with Gasteiger partial charge in [-0.1, -0.05) is 18.2 Å². The summed E-state index contributed by atoms with van der Waals surface area (Å²) < 4.78 is 0. The molecule has 2 N–H and O–H groups in total. The lowest BCUT2D eigenvalue weighted by Crippen LogP contribution is -2.47. The van der Waals surface area contributed by atoms with E-state index in [2.05, 4.69) is 22.8 Å². The van der Waals surface area contributed by atoms with E-state index in [-0.39, 0.29) is 23.9 Å². The van der Waals surface area contributed by atoms with Crippen LogP contribution >= 0.6 is 11.8 Å². The average molecular weight is 333 g/mol. The van der Waals surface area contributed by atoms with Crippen LogP contribution < -0.4 is 10.6 Å². The Balaban J connectivity index is 1.58. The number of piperidine rings is 1. The van der Waals surface area contributed by atoms with E-state index in [0.717, 1.165) is 25.0 Å². The highest BCUT2D eigenvalue weighted by molar-refractivity contribution is 7.99. The molecule has 23 heavy (non-hydrogen) atoms. The minimum Gasteiger partial charge on any atom is -0.359 e. The Labute approximate surface area is 141 Å². The molecule has 3 rings (SSSR count). The Kier molecular flexibility index (Phi) is 5.10. The van der Waals surface area contributed by atoms with E-state index >= 15 is 0 Å². The fourth-order valence-electron chi connectivity index (χ4n) is 3.28. The van der Waals surface area contributed by atoms with Crippen LogP contribution in [0.3, 0.4) is 0 Å². The van der Waals surface area contributed by atoms with Crippen molar-refractivity contribution in [1.29, 1.82) is 0 Å². The van der Waals surface area contributed by atoms with Crippen molar-refractivity contribution >= 4 is 23.7 Å². The molecule has 0 saturated carbocycles. The molecule has 6 heteroatoms. The molecule has 1 aromatic carbocycles. The summed E-state index contributed by atoms with van der Waals surface area (Å²) in [5.74, 6) is 1.15. The van der Waals surface area contributed by atoms with Crippen LogP contribution in [-0.4, -0.2) is 42.7 Å². The van der Waals surface area contributed by atoms with Crippen LogP contribution in [-0.2, 0) is 4.79 Å². The van der Waals surface area contributed by atoms with E-state index in [1.165, 1.54) is 10.5 Å². The number of hydrogen-bond acceptors (Lipinski definition) is 3. The van der Waals surface area contributed by atoms with E-state index in [4.69, 9.17) is 0 Å². The van der Waals surface area contributed by atoms with Gasteiger partial charge in [0.15, 0.2) is 0 Å². The Morgan fingerprint density at radius 1 is 1.17 bits per heavy atom. The summed E-state index contributed by atoms with van der Waals surface area (Å²) in [6.45, 7) is 1.29. The maximum atomic E-state index is 12.5. The summed E-state index contributed by atoms with van der Waals surface area (Å²) in [5, 5.41) is 5.87. The predicted molar refractivity (Wildman–Crippen MR) is 91.4 cm³/mol. The number of thioether (sulfide) groups is 1. The van der Waals surface area contributed by atoms with Crippen molar-refractivity contribution in [3.63, 3.8) is 0 Å². The second-order valence-corrected chi connectivity index (χ2v) is 7.19. The van der Waals surface area contributed by atoms with Crippen molar-refractivity contribution in [3.05, 3.63) is 29.8 Å². The van der Waals surface area contributed by atoms with Gasteiger partial charge in [0.05, 0.1) is 6.04 Å². The second-order valence-electron chi connectivity index (χ2n) is 6.05. The predicted octanol–water partition coefficient (Wildman–Crippen LogP) is 2.39. The number of rotatable bonds is 2. The Bertz CT molecular complexity index is 585. The van der Waals surface area contributed by atoms with Crippen molar-refractivity contribution < 1.29 is 9.59 Å². The molecule has 2 aliphatic rings. The lowest BCUT2D eigenvalue weighted by atomic mass is 9.96. The fourth-order valence-corrected chi connectivity index (χ4v) is 4.41. The van der Waals surface area contributed by atoms with Crippen molar-refractivity contribution in [1.82, 2.24) is 15.5 Å². The molecule has 3 amide bonds. The molecule has 1 unspecified atom stereocenters. The molecule has 1 saturated heterocycles. The molecule has 0 aromatic heterocycles. The topological polar surface area (TPSA) is 61.4 Å². The van der Waals surface area contributed by atoms with Crippen LogP contribution in [0.1, 0.15) is 30.9 Å². The first-order valence-corrected chi connectivity index (χ1v) is 9.16. The van der Waals surface area contributed by atoms with Crippen molar-refractivity contribution in [2.24, 2.45) is 5.92 Å². The van der Waals surface area contributed by atoms with Gasteiger partial charge in [-0.2, -0.15) is 0 Å². The normalized spacial score (nSPS) is 21.4. The summed E-state index contributed by atoms with van der Waals surface area (Å²) in [7, 11) is 1.67. The molecule has 2 aliphatic heterocycles.